The first-order valence-corrected chi connectivity index (χ1v) is 9.28. The van der Waals surface area contributed by atoms with Crippen LogP contribution in [0.4, 0.5) is 0 Å². The highest BCUT2D eigenvalue weighted by atomic mass is 16.5. The molecule has 0 aliphatic heterocycles. The van der Waals surface area contributed by atoms with E-state index in [1.807, 2.05) is 24.3 Å². The number of hydrogen-bond donors (Lipinski definition) is 1. The molecule has 0 heterocycles. The molecule has 0 spiro atoms. The van der Waals surface area contributed by atoms with Crippen molar-refractivity contribution in [2.75, 3.05) is 6.61 Å². The first kappa shape index (κ1) is 16.2. The second-order valence-corrected chi connectivity index (χ2v) is 7.45. The second-order valence-electron chi connectivity index (χ2n) is 7.45. The Morgan fingerprint density at radius 2 is 1.48 bits per heavy atom. The Bertz CT molecular complexity index is 716. The predicted octanol–water partition coefficient (Wildman–Crippen LogP) is 4.35. The maximum atomic E-state index is 12.2. The van der Waals surface area contributed by atoms with Gasteiger partial charge in [0.05, 0.1) is 0 Å². The molecular formula is C22H25NO2. The molecule has 3 heteroatoms. The summed E-state index contributed by atoms with van der Waals surface area (Å²) < 4.78 is 5.67. The van der Waals surface area contributed by atoms with Crippen molar-refractivity contribution in [1.82, 2.24) is 5.32 Å². The summed E-state index contributed by atoms with van der Waals surface area (Å²) in [5.41, 5.74) is 3.59. The standard InChI is InChI=1S/C22H25NO2/c1-15-2-4-16(5-3-15)17-10-12-20(13-11-17)25-14-21(24)23-22(18-6-7-18)19-8-9-19/h2-5,10-13,18-19,22H,6-9,14H2,1H3,(H,23,24). The van der Waals surface area contributed by atoms with E-state index < -0.39 is 0 Å². The molecule has 1 N–H and O–H groups in total. The molecule has 0 bridgehead atoms. The molecule has 2 aliphatic rings. The van der Waals surface area contributed by atoms with Crippen molar-refractivity contribution in [1.29, 1.82) is 0 Å². The minimum absolute atomic E-state index is 0.00594. The third kappa shape index (κ3) is 4.22. The Morgan fingerprint density at radius 1 is 0.960 bits per heavy atom. The van der Waals surface area contributed by atoms with Gasteiger partial charge in [-0.05, 0) is 67.7 Å². The third-order valence-electron chi connectivity index (χ3n) is 5.20. The van der Waals surface area contributed by atoms with E-state index in [2.05, 4.69) is 36.5 Å². The van der Waals surface area contributed by atoms with Gasteiger partial charge in [-0.25, -0.2) is 0 Å². The monoisotopic (exact) mass is 335 g/mol. The zero-order valence-corrected chi connectivity index (χ0v) is 14.7. The number of benzene rings is 2. The molecule has 0 saturated heterocycles. The zero-order valence-electron chi connectivity index (χ0n) is 14.7. The Hall–Kier alpha value is -2.29. The van der Waals surface area contributed by atoms with E-state index >= 15 is 0 Å². The highest BCUT2D eigenvalue weighted by molar-refractivity contribution is 5.78. The van der Waals surface area contributed by atoms with Crippen LogP contribution in [0, 0.1) is 18.8 Å². The topological polar surface area (TPSA) is 38.3 Å². The molecule has 3 nitrogen and oxygen atoms in total. The molecule has 0 radical (unpaired) electrons. The van der Waals surface area contributed by atoms with E-state index in [0.29, 0.717) is 17.9 Å². The van der Waals surface area contributed by atoms with Crippen molar-refractivity contribution in [3.8, 4) is 16.9 Å². The minimum Gasteiger partial charge on any atom is -0.484 e. The average molecular weight is 335 g/mol. The van der Waals surface area contributed by atoms with Gasteiger partial charge in [0.15, 0.2) is 6.61 Å². The highest BCUT2D eigenvalue weighted by Crippen LogP contribution is 2.44. The average Bonchev–Trinajstić information content (AvgIpc) is 3.52. The second kappa shape index (κ2) is 6.91. The van der Waals surface area contributed by atoms with Gasteiger partial charge in [-0.15, -0.1) is 0 Å². The highest BCUT2D eigenvalue weighted by Gasteiger charge is 2.42. The van der Waals surface area contributed by atoms with Crippen LogP contribution in [-0.4, -0.2) is 18.6 Å². The van der Waals surface area contributed by atoms with E-state index in [0.717, 1.165) is 11.3 Å². The van der Waals surface area contributed by atoms with Crippen LogP contribution in [0.5, 0.6) is 5.75 Å². The Kier molecular flexibility index (Phi) is 4.48. The molecular weight excluding hydrogens is 310 g/mol. The summed E-state index contributed by atoms with van der Waals surface area (Å²) >= 11 is 0. The van der Waals surface area contributed by atoms with Crippen molar-refractivity contribution in [2.45, 2.75) is 38.6 Å². The van der Waals surface area contributed by atoms with Crippen LogP contribution in [0.3, 0.4) is 0 Å². The number of rotatable bonds is 7. The SMILES string of the molecule is Cc1ccc(-c2ccc(OCC(=O)NC(C3CC3)C3CC3)cc2)cc1. The number of hydrogen-bond acceptors (Lipinski definition) is 2. The molecule has 0 unspecified atom stereocenters. The van der Waals surface area contributed by atoms with Gasteiger partial charge in [0, 0.05) is 6.04 Å². The number of amides is 1. The molecule has 2 aromatic rings. The van der Waals surface area contributed by atoms with Crippen molar-refractivity contribution in [2.24, 2.45) is 11.8 Å². The van der Waals surface area contributed by atoms with Crippen molar-refractivity contribution < 1.29 is 9.53 Å². The molecule has 4 rings (SSSR count). The van der Waals surface area contributed by atoms with Crippen LogP contribution in [0.15, 0.2) is 48.5 Å². The minimum atomic E-state index is 0.00594. The van der Waals surface area contributed by atoms with Crippen LogP contribution in [-0.2, 0) is 4.79 Å². The van der Waals surface area contributed by atoms with Crippen molar-refractivity contribution in [3.05, 3.63) is 54.1 Å². The van der Waals surface area contributed by atoms with Gasteiger partial charge in [0.1, 0.15) is 5.75 Å². The molecule has 2 aliphatic carbocycles. The lowest BCUT2D eigenvalue weighted by molar-refractivity contribution is -0.124. The number of aryl methyl sites for hydroxylation is 1. The number of carbonyl (C=O) groups is 1. The fourth-order valence-corrected chi connectivity index (χ4v) is 3.40. The lowest BCUT2D eigenvalue weighted by Gasteiger charge is -2.17. The third-order valence-corrected chi connectivity index (χ3v) is 5.20. The predicted molar refractivity (Wildman–Crippen MR) is 99.5 cm³/mol. The maximum absolute atomic E-state index is 12.2. The molecule has 0 atom stereocenters. The van der Waals surface area contributed by atoms with Crippen LogP contribution >= 0.6 is 0 Å². The van der Waals surface area contributed by atoms with Gasteiger partial charge >= 0.3 is 0 Å². The summed E-state index contributed by atoms with van der Waals surface area (Å²) in [6, 6.07) is 16.8. The quantitative estimate of drug-likeness (QED) is 0.817. The Morgan fingerprint density at radius 3 is 2.00 bits per heavy atom. The van der Waals surface area contributed by atoms with Gasteiger partial charge in [-0.3, -0.25) is 4.79 Å². The van der Waals surface area contributed by atoms with E-state index in [1.165, 1.54) is 36.8 Å². The van der Waals surface area contributed by atoms with E-state index in [4.69, 9.17) is 4.74 Å². The number of nitrogens with one attached hydrogen (secondary N) is 1. The van der Waals surface area contributed by atoms with Gasteiger partial charge < -0.3 is 10.1 Å². The maximum Gasteiger partial charge on any atom is 0.258 e. The van der Waals surface area contributed by atoms with Gasteiger partial charge in [-0.2, -0.15) is 0 Å². The number of carbonyl (C=O) groups excluding carboxylic acids is 1. The molecule has 2 aromatic carbocycles. The fraction of sp³-hybridized carbons (Fsp3) is 0.409. The summed E-state index contributed by atoms with van der Waals surface area (Å²) in [5.74, 6) is 2.17. The van der Waals surface area contributed by atoms with Crippen LogP contribution in [0.1, 0.15) is 31.2 Å². The van der Waals surface area contributed by atoms with Crippen molar-refractivity contribution >= 4 is 5.91 Å². The van der Waals surface area contributed by atoms with Crippen LogP contribution < -0.4 is 10.1 Å². The molecule has 2 saturated carbocycles. The van der Waals surface area contributed by atoms with E-state index in [-0.39, 0.29) is 12.5 Å². The lowest BCUT2D eigenvalue weighted by atomic mass is 10.0. The van der Waals surface area contributed by atoms with E-state index in [1.54, 1.807) is 0 Å². The van der Waals surface area contributed by atoms with E-state index in [9.17, 15) is 4.79 Å². The van der Waals surface area contributed by atoms with Crippen LogP contribution in [0.2, 0.25) is 0 Å². The molecule has 2 fully saturated rings. The zero-order chi connectivity index (χ0) is 17.2. The lowest BCUT2D eigenvalue weighted by Crippen LogP contribution is -2.40. The molecule has 25 heavy (non-hydrogen) atoms. The Balaban J connectivity index is 1.30. The normalized spacial score (nSPS) is 16.7. The summed E-state index contributed by atoms with van der Waals surface area (Å²) in [5, 5.41) is 3.19. The summed E-state index contributed by atoms with van der Waals surface area (Å²) in [7, 11) is 0. The fourth-order valence-electron chi connectivity index (χ4n) is 3.40. The summed E-state index contributed by atoms with van der Waals surface area (Å²) in [4.78, 5) is 12.2. The Labute approximate surface area is 149 Å². The number of ether oxygens (including phenoxy) is 1. The first-order chi connectivity index (χ1) is 12.2. The van der Waals surface area contributed by atoms with Gasteiger partial charge in [0.25, 0.3) is 5.91 Å². The largest absolute Gasteiger partial charge is 0.484 e. The van der Waals surface area contributed by atoms with Crippen molar-refractivity contribution in [3.63, 3.8) is 0 Å². The summed E-state index contributed by atoms with van der Waals surface area (Å²) in [6.07, 6.45) is 5.07. The molecule has 130 valence electrons. The molecule has 1 amide bonds. The van der Waals surface area contributed by atoms with Gasteiger partial charge in [0.2, 0.25) is 0 Å². The smallest absolute Gasteiger partial charge is 0.258 e. The first-order valence-electron chi connectivity index (χ1n) is 9.28. The van der Waals surface area contributed by atoms with Crippen LogP contribution in [0.25, 0.3) is 11.1 Å². The molecule has 0 aromatic heterocycles. The summed E-state index contributed by atoms with van der Waals surface area (Å²) in [6.45, 7) is 2.18. The van der Waals surface area contributed by atoms with Gasteiger partial charge in [-0.1, -0.05) is 42.0 Å².